The first-order chi connectivity index (χ1) is 13.5. The maximum atomic E-state index is 12.6. The van der Waals surface area contributed by atoms with Gasteiger partial charge in [0, 0.05) is 37.9 Å². The number of rotatable bonds is 6. The number of guanidine groups is 1. The van der Waals surface area contributed by atoms with Crippen molar-refractivity contribution in [2.75, 3.05) is 13.1 Å². The summed E-state index contributed by atoms with van der Waals surface area (Å²) in [4.78, 5) is 7.93. The van der Waals surface area contributed by atoms with E-state index in [4.69, 9.17) is 0 Å². The van der Waals surface area contributed by atoms with E-state index in [1.54, 1.807) is 0 Å². The van der Waals surface area contributed by atoms with Crippen molar-refractivity contribution >= 4 is 41.3 Å². The van der Waals surface area contributed by atoms with Crippen molar-refractivity contribution in [3.05, 3.63) is 27.7 Å². The zero-order valence-electron chi connectivity index (χ0n) is 16.1. The second-order valence-corrected chi connectivity index (χ2v) is 7.43. The van der Waals surface area contributed by atoms with Gasteiger partial charge in [-0.15, -0.1) is 45.5 Å². The molecular weight excluding hydrogens is 518 g/mol. The van der Waals surface area contributed by atoms with Gasteiger partial charge in [-0.25, -0.2) is 9.98 Å². The number of nitrogens with zero attached hydrogens (tertiary/aromatic N) is 5. The van der Waals surface area contributed by atoms with E-state index in [1.807, 2.05) is 6.92 Å². The number of nitrogens with one attached hydrogen (secondary N) is 2. The van der Waals surface area contributed by atoms with Gasteiger partial charge in [-0.3, -0.25) is 0 Å². The van der Waals surface area contributed by atoms with Crippen LogP contribution in [0.15, 0.2) is 10.4 Å². The monoisotopic (exact) mass is 543 g/mol. The summed E-state index contributed by atoms with van der Waals surface area (Å²) in [7, 11) is 0. The Morgan fingerprint density at radius 2 is 2.07 bits per heavy atom. The molecule has 1 aliphatic rings. The van der Waals surface area contributed by atoms with E-state index in [9.17, 15) is 13.2 Å². The number of alkyl halides is 3. The molecule has 2 aromatic heterocycles. The molecule has 2 N–H and O–H groups in total. The summed E-state index contributed by atoms with van der Waals surface area (Å²) in [6.07, 6.45) is 0.761. The van der Waals surface area contributed by atoms with Crippen LogP contribution in [0.5, 0.6) is 0 Å². The van der Waals surface area contributed by atoms with Crippen molar-refractivity contribution in [2.24, 2.45) is 4.99 Å². The second-order valence-electron chi connectivity index (χ2n) is 6.49. The minimum absolute atomic E-state index is 0. The van der Waals surface area contributed by atoms with Gasteiger partial charge in [0.1, 0.15) is 16.7 Å². The van der Waals surface area contributed by atoms with Crippen molar-refractivity contribution in [3.63, 3.8) is 0 Å². The number of aromatic nitrogens is 4. The van der Waals surface area contributed by atoms with E-state index in [0.717, 1.165) is 54.2 Å². The highest BCUT2D eigenvalue weighted by Crippen LogP contribution is 2.30. The molecule has 0 spiro atoms. The quantitative estimate of drug-likeness (QED) is 0.332. The minimum atomic E-state index is -4.42. The van der Waals surface area contributed by atoms with Crippen LogP contribution in [0, 0.1) is 0 Å². The smallest absolute Gasteiger partial charge is 0.357 e. The molecule has 0 saturated carbocycles. The summed E-state index contributed by atoms with van der Waals surface area (Å²) in [6, 6.07) is 0. The SMILES string of the molecule is CCNC(=NCc1nc(C(F)(F)F)cs1)NCCc1nnc2n1CCCCC2.I. The Kier molecular flexibility index (Phi) is 9.11. The van der Waals surface area contributed by atoms with E-state index in [2.05, 4.69) is 35.4 Å². The highest BCUT2D eigenvalue weighted by atomic mass is 127. The Hall–Kier alpha value is -1.44. The van der Waals surface area contributed by atoms with E-state index >= 15 is 0 Å². The molecule has 0 aliphatic carbocycles. The maximum absolute atomic E-state index is 12.6. The van der Waals surface area contributed by atoms with Crippen molar-refractivity contribution in [1.82, 2.24) is 30.4 Å². The highest BCUT2D eigenvalue weighted by Gasteiger charge is 2.33. The van der Waals surface area contributed by atoms with Crippen molar-refractivity contribution in [1.29, 1.82) is 0 Å². The molecule has 3 heterocycles. The zero-order chi connectivity index (χ0) is 20.0. The molecule has 0 radical (unpaired) electrons. The second kappa shape index (κ2) is 11.1. The van der Waals surface area contributed by atoms with E-state index in [1.165, 1.54) is 6.42 Å². The molecule has 3 rings (SSSR count). The first kappa shape index (κ1) is 23.8. The fourth-order valence-corrected chi connectivity index (χ4v) is 3.75. The summed E-state index contributed by atoms with van der Waals surface area (Å²) in [5, 5.41) is 16.2. The van der Waals surface area contributed by atoms with Gasteiger partial charge in [-0.1, -0.05) is 6.42 Å². The molecule has 162 valence electrons. The molecule has 7 nitrogen and oxygen atoms in total. The molecule has 0 fully saturated rings. The predicted octanol–water partition coefficient (Wildman–Crippen LogP) is 3.40. The van der Waals surface area contributed by atoms with Crippen LogP contribution in [0.1, 0.15) is 48.5 Å². The fraction of sp³-hybridized carbons (Fsp3) is 0.647. The van der Waals surface area contributed by atoms with Crippen LogP contribution in [0.4, 0.5) is 13.2 Å². The molecular formula is C17H25F3IN7S. The van der Waals surface area contributed by atoms with Crippen LogP contribution >= 0.6 is 35.3 Å². The number of aryl methyl sites for hydroxylation is 1. The number of halogens is 4. The van der Waals surface area contributed by atoms with E-state index < -0.39 is 11.9 Å². The first-order valence-electron chi connectivity index (χ1n) is 9.42. The summed E-state index contributed by atoms with van der Waals surface area (Å²) in [6.45, 7) is 4.24. The van der Waals surface area contributed by atoms with Crippen LogP contribution in [-0.2, 0) is 32.1 Å². The number of aliphatic imine (C=N–C) groups is 1. The van der Waals surface area contributed by atoms with Gasteiger partial charge >= 0.3 is 6.18 Å². The number of thiazole rings is 1. The molecule has 2 aromatic rings. The molecule has 0 unspecified atom stereocenters. The molecule has 0 amide bonds. The average Bonchev–Trinajstić information content (AvgIpc) is 3.21. The molecule has 1 aliphatic heterocycles. The minimum Gasteiger partial charge on any atom is -0.357 e. The molecule has 0 aromatic carbocycles. The Labute approximate surface area is 188 Å². The van der Waals surface area contributed by atoms with Gasteiger partial charge in [-0.05, 0) is 19.8 Å². The van der Waals surface area contributed by atoms with Gasteiger partial charge < -0.3 is 15.2 Å². The lowest BCUT2D eigenvalue weighted by atomic mass is 10.2. The third kappa shape index (κ3) is 6.79. The molecule has 0 atom stereocenters. The topological polar surface area (TPSA) is 80.0 Å². The van der Waals surface area contributed by atoms with Crippen LogP contribution < -0.4 is 10.6 Å². The Balaban J connectivity index is 0.00000300. The fourth-order valence-electron chi connectivity index (χ4n) is 3.03. The Morgan fingerprint density at radius 1 is 1.24 bits per heavy atom. The summed E-state index contributed by atoms with van der Waals surface area (Å²) in [5.41, 5.74) is -0.867. The normalized spacial score (nSPS) is 14.7. The standard InChI is InChI=1S/C17H24F3N7S.HI/c1-2-21-16(23-10-15-24-12(11-28-15)17(18,19)20)22-8-7-14-26-25-13-6-4-3-5-9-27(13)14;/h11H,2-10H2,1H3,(H2,21,22,23);1H. The number of hydrogen-bond donors (Lipinski definition) is 2. The molecule has 0 saturated heterocycles. The molecule has 0 bridgehead atoms. The van der Waals surface area contributed by atoms with Crippen molar-refractivity contribution < 1.29 is 13.2 Å². The van der Waals surface area contributed by atoms with Gasteiger partial charge in [0.05, 0.1) is 6.54 Å². The van der Waals surface area contributed by atoms with E-state index in [-0.39, 0.29) is 30.5 Å². The number of hydrogen-bond acceptors (Lipinski definition) is 5. The molecule has 29 heavy (non-hydrogen) atoms. The Morgan fingerprint density at radius 3 is 2.79 bits per heavy atom. The lowest BCUT2D eigenvalue weighted by molar-refractivity contribution is -0.140. The van der Waals surface area contributed by atoms with Crippen molar-refractivity contribution in [2.45, 2.75) is 58.3 Å². The van der Waals surface area contributed by atoms with Crippen LogP contribution in [0.3, 0.4) is 0 Å². The maximum Gasteiger partial charge on any atom is 0.434 e. The van der Waals surface area contributed by atoms with Gasteiger partial charge in [0.25, 0.3) is 0 Å². The highest BCUT2D eigenvalue weighted by molar-refractivity contribution is 14.0. The first-order valence-corrected chi connectivity index (χ1v) is 10.3. The predicted molar refractivity (Wildman–Crippen MR) is 117 cm³/mol. The summed E-state index contributed by atoms with van der Waals surface area (Å²) < 4.78 is 40.1. The van der Waals surface area contributed by atoms with Crippen LogP contribution in [0.25, 0.3) is 0 Å². The van der Waals surface area contributed by atoms with Crippen molar-refractivity contribution in [3.8, 4) is 0 Å². The van der Waals surface area contributed by atoms with Crippen LogP contribution in [-0.4, -0.2) is 38.8 Å². The largest absolute Gasteiger partial charge is 0.434 e. The van der Waals surface area contributed by atoms with Gasteiger partial charge in [0.15, 0.2) is 11.7 Å². The zero-order valence-corrected chi connectivity index (χ0v) is 19.3. The third-order valence-corrected chi connectivity index (χ3v) is 5.22. The number of fused-ring (bicyclic) bond motifs is 1. The summed E-state index contributed by atoms with van der Waals surface area (Å²) >= 11 is 0.960. The van der Waals surface area contributed by atoms with E-state index in [0.29, 0.717) is 30.5 Å². The van der Waals surface area contributed by atoms with Gasteiger partial charge in [0.2, 0.25) is 0 Å². The Bertz CT molecular complexity index is 803. The average molecular weight is 543 g/mol. The lowest BCUT2D eigenvalue weighted by Gasteiger charge is -2.11. The van der Waals surface area contributed by atoms with Gasteiger partial charge in [-0.2, -0.15) is 13.2 Å². The summed E-state index contributed by atoms with van der Waals surface area (Å²) in [5.74, 6) is 2.55. The van der Waals surface area contributed by atoms with Crippen LogP contribution in [0.2, 0.25) is 0 Å². The molecule has 12 heteroatoms. The lowest BCUT2D eigenvalue weighted by Crippen LogP contribution is -2.38. The third-order valence-electron chi connectivity index (χ3n) is 4.39.